The highest BCUT2D eigenvalue weighted by Crippen LogP contribution is 2.44. The third-order valence-corrected chi connectivity index (χ3v) is 4.88. The molecule has 3 heteroatoms. The molecule has 25 heavy (non-hydrogen) atoms. The van der Waals surface area contributed by atoms with Crippen LogP contribution in [-0.2, 0) is 6.42 Å². The third-order valence-electron chi connectivity index (χ3n) is 4.88. The van der Waals surface area contributed by atoms with Gasteiger partial charge < -0.3 is 14.7 Å². The van der Waals surface area contributed by atoms with Crippen LogP contribution in [0.3, 0.4) is 0 Å². The molecular weight excluding hydrogens is 310 g/mol. The second kappa shape index (κ2) is 6.52. The Balaban J connectivity index is 1.80. The lowest BCUT2D eigenvalue weighted by atomic mass is 9.90. The molecule has 0 fully saturated rings. The van der Waals surface area contributed by atoms with Crippen LogP contribution < -0.4 is 9.64 Å². The Hall–Kier alpha value is -2.94. The summed E-state index contributed by atoms with van der Waals surface area (Å²) in [5.74, 6) is 1.16. The summed E-state index contributed by atoms with van der Waals surface area (Å²) in [6, 6.07) is 24.6. The van der Waals surface area contributed by atoms with Crippen LogP contribution in [0.5, 0.6) is 11.5 Å². The molecule has 1 aliphatic heterocycles. The van der Waals surface area contributed by atoms with Crippen molar-refractivity contribution in [1.29, 1.82) is 0 Å². The Morgan fingerprint density at radius 1 is 0.920 bits per heavy atom. The van der Waals surface area contributed by atoms with Crippen molar-refractivity contribution in [2.45, 2.75) is 18.9 Å². The van der Waals surface area contributed by atoms with E-state index in [1.807, 2.05) is 24.3 Å². The number of ether oxygens (including phenoxy) is 1. The lowest BCUT2D eigenvalue weighted by molar-refractivity contribution is 0.414. The average Bonchev–Trinajstić information content (AvgIpc) is 2.68. The molecule has 0 saturated heterocycles. The Morgan fingerprint density at radius 2 is 1.64 bits per heavy atom. The van der Waals surface area contributed by atoms with Gasteiger partial charge >= 0.3 is 0 Å². The fraction of sp³-hybridized carbons (Fsp3) is 0.182. The van der Waals surface area contributed by atoms with E-state index in [1.165, 1.54) is 16.8 Å². The van der Waals surface area contributed by atoms with Crippen molar-refractivity contribution in [3.05, 3.63) is 83.9 Å². The highest BCUT2D eigenvalue weighted by atomic mass is 16.5. The van der Waals surface area contributed by atoms with Crippen LogP contribution in [0, 0.1) is 0 Å². The van der Waals surface area contributed by atoms with Gasteiger partial charge in [0.25, 0.3) is 0 Å². The van der Waals surface area contributed by atoms with Crippen molar-refractivity contribution in [3.63, 3.8) is 0 Å². The van der Waals surface area contributed by atoms with Crippen molar-refractivity contribution < 1.29 is 9.84 Å². The summed E-state index contributed by atoms with van der Waals surface area (Å²) in [4.78, 5) is 2.38. The topological polar surface area (TPSA) is 32.7 Å². The number of anilines is 2. The third kappa shape index (κ3) is 2.93. The molecular formula is C22H21NO2. The number of fused-ring (bicyclic) bond motifs is 1. The Kier molecular flexibility index (Phi) is 4.06. The SMILES string of the molecule is COc1ccc(C2CCc3ccccc3N2c2ccc(O)cc2)cc1. The minimum atomic E-state index is 0.255. The van der Waals surface area contributed by atoms with Gasteiger partial charge in [-0.1, -0.05) is 30.3 Å². The number of aromatic hydroxyl groups is 1. The molecule has 0 aliphatic carbocycles. The lowest BCUT2D eigenvalue weighted by Crippen LogP contribution is -2.29. The maximum absolute atomic E-state index is 9.66. The largest absolute Gasteiger partial charge is 0.508 e. The molecule has 0 amide bonds. The molecule has 0 spiro atoms. The molecule has 0 aromatic heterocycles. The van der Waals surface area contributed by atoms with Crippen molar-refractivity contribution in [2.24, 2.45) is 0 Å². The normalized spacial score (nSPS) is 16.4. The fourth-order valence-corrected chi connectivity index (χ4v) is 3.62. The minimum absolute atomic E-state index is 0.255. The van der Waals surface area contributed by atoms with E-state index in [4.69, 9.17) is 4.74 Å². The van der Waals surface area contributed by atoms with E-state index in [-0.39, 0.29) is 11.8 Å². The van der Waals surface area contributed by atoms with Gasteiger partial charge in [0, 0.05) is 11.4 Å². The van der Waals surface area contributed by atoms with Gasteiger partial charge in [0.1, 0.15) is 11.5 Å². The molecule has 1 atom stereocenters. The zero-order valence-electron chi connectivity index (χ0n) is 14.2. The first-order valence-corrected chi connectivity index (χ1v) is 8.56. The predicted octanol–water partition coefficient (Wildman–Crippen LogP) is 5.23. The van der Waals surface area contributed by atoms with E-state index >= 15 is 0 Å². The van der Waals surface area contributed by atoms with Crippen LogP contribution in [0.15, 0.2) is 72.8 Å². The highest BCUT2D eigenvalue weighted by molar-refractivity contribution is 5.70. The number of hydrogen-bond donors (Lipinski definition) is 1. The first-order valence-electron chi connectivity index (χ1n) is 8.56. The number of nitrogens with zero attached hydrogens (tertiary/aromatic N) is 1. The molecule has 1 aliphatic rings. The molecule has 0 radical (unpaired) electrons. The minimum Gasteiger partial charge on any atom is -0.508 e. The Morgan fingerprint density at radius 3 is 2.36 bits per heavy atom. The van der Waals surface area contributed by atoms with Crippen LogP contribution in [-0.4, -0.2) is 12.2 Å². The Labute approximate surface area is 148 Å². The van der Waals surface area contributed by atoms with Crippen LogP contribution in [0.4, 0.5) is 11.4 Å². The fourth-order valence-electron chi connectivity index (χ4n) is 3.62. The smallest absolute Gasteiger partial charge is 0.118 e. The van der Waals surface area contributed by atoms with Crippen molar-refractivity contribution in [1.82, 2.24) is 0 Å². The van der Waals surface area contributed by atoms with E-state index in [1.54, 1.807) is 19.2 Å². The number of benzene rings is 3. The molecule has 3 aromatic carbocycles. The summed E-state index contributed by atoms with van der Waals surface area (Å²) in [6.07, 6.45) is 2.10. The second-order valence-electron chi connectivity index (χ2n) is 6.34. The van der Waals surface area contributed by atoms with Crippen LogP contribution in [0.1, 0.15) is 23.6 Å². The zero-order valence-corrected chi connectivity index (χ0v) is 14.2. The van der Waals surface area contributed by atoms with Crippen molar-refractivity contribution in [3.8, 4) is 11.5 Å². The van der Waals surface area contributed by atoms with Gasteiger partial charge in [-0.15, -0.1) is 0 Å². The molecule has 1 unspecified atom stereocenters. The molecule has 4 rings (SSSR count). The maximum Gasteiger partial charge on any atom is 0.118 e. The summed E-state index contributed by atoms with van der Waals surface area (Å²) in [5.41, 5.74) is 4.95. The van der Waals surface area contributed by atoms with Gasteiger partial charge in [-0.25, -0.2) is 0 Å². The van der Waals surface area contributed by atoms with Gasteiger partial charge in [-0.3, -0.25) is 0 Å². The van der Waals surface area contributed by atoms with E-state index in [0.717, 1.165) is 24.3 Å². The van der Waals surface area contributed by atoms with Crippen molar-refractivity contribution in [2.75, 3.05) is 12.0 Å². The van der Waals surface area contributed by atoms with Gasteiger partial charge in [-0.05, 0) is 66.4 Å². The molecule has 3 nitrogen and oxygen atoms in total. The summed E-state index contributed by atoms with van der Waals surface area (Å²) in [7, 11) is 1.69. The quantitative estimate of drug-likeness (QED) is 0.713. The monoisotopic (exact) mass is 331 g/mol. The van der Waals surface area contributed by atoms with Crippen LogP contribution >= 0.6 is 0 Å². The zero-order chi connectivity index (χ0) is 17.2. The number of phenols is 1. The first-order chi connectivity index (χ1) is 12.3. The molecule has 1 heterocycles. The van der Waals surface area contributed by atoms with Crippen molar-refractivity contribution >= 4 is 11.4 Å². The highest BCUT2D eigenvalue weighted by Gasteiger charge is 2.28. The summed E-state index contributed by atoms with van der Waals surface area (Å²) in [6.45, 7) is 0. The summed E-state index contributed by atoms with van der Waals surface area (Å²) >= 11 is 0. The van der Waals surface area contributed by atoms with Gasteiger partial charge in [0.2, 0.25) is 0 Å². The van der Waals surface area contributed by atoms with E-state index in [9.17, 15) is 5.11 Å². The summed E-state index contributed by atoms with van der Waals surface area (Å²) in [5, 5.41) is 9.66. The average molecular weight is 331 g/mol. The molecule has 0 bridgehead atoms. The number of para-hydroxylation sites is 1. The summed E-state index contributed by atoms with van der Waals surface area (Å²) < 4.78 is 5.30. The molecule has 0 saturated carbocycles. The maximum atomic E-state index is 9.66. The number of rotatable bonds is 3. The number of hydrogen-bond acceptors (Lipinski definition) is 3. The van der Waals surface area contributed by atoms with Crippen LogP contribution in [0.2, 0.25) is 0 Å². The number of aryl methyl sites for hydroxylation is 1. The van der Waals surface area contributed by atoms with E-state index < -0.39 is 0 Å². The lowest BCUT2D eigenvalue weighted by Gasteiger charge is -2.39. The predicted molar refractivity (Wildman–Crippen MR) is 101 cm³/mol. The first kappa shape index (κ1) is 15.6. The Bertz CT molecular complexity index is 856. The standard InChI is InChI=1S/C22H21NO2/c1-25-20-13-6-17(7-14-20)22-15-8-16-4-2-3-5-21(16)23(22)18-9-11-19(24)12-10-18/h2-7,9-14,22,24H,8,15H2,1H3. The van der Waals surface area contributed by atoms with Crippen LogP contribution in [0.25, 0.3) is 0 Å². The second-order valence-corrected chi connectivity index (χ2v) is 6.34. The number of methoxy groups -OCH3 is 1. The molecule has 1 N–H and O–H groups in total. The van der Waals surface area contributed by atoms with E-state index in [2.05, 4.69) is 41.3 Å². The number of phenolic OH excluding ortho intramolecular Hbond substituents is 1. The van der Waals surface area contributed by atoms with Gasteiger partial charge in [-0.2, -0.15) is 0 Å². The van der Waals surface area contributed by atoms with Gasteiger partial charge in [0.05, 0.1) is 13.2 Å². The molecule has 3 aromatic rings. The molecule has 126 valence electrons. The van der Waals surface area contributed by atoms with E-state index in [0.29, 0.717) is 0 Å². The van der Waals surface area contributed by atoms with Gasteiger partial charge in [0.15, 0.2) is 0 Å².